The Morgan fingerprint density at radius 3 is 2.61 bits per heavy atom. The van der Waals surface area contributed by atoms with Crippen LogP contribution in [0.15, 0.2) is 60.0 Å². The van der Waals surface area contributed by atoms with E-state index >= 15 is 0 Å². The van der Waals surface area contributed by atoms with E-state index in [0.717, 1.165) is 42.0 Å². The Morgan fingerprint density at radius 2 is 1.89 bits per heavy atom. The van der Waals surface area contributed by atoms with Crippen molar-refractivity contribution in [2.24, 2.45) is 0 Å². The number of ether oxygens (including phenoxy) is 1. The van der Waals surface area contributed by atoms with E-state index in [1.807, 2.05) is 60.8 Å². The minimum atomic E-state index is -0.193. The lowest BCUT2D eigenvalue weighted by Gasteiger charge is -2.05. The molecule has 2 aromatic carbocycles. The number of unbranched alkanes of at least 4 members (excludes halogenated alkanes) is 1. The lowest BCUT2D eigenvalue weighted by atomic mass is 10.1. The number of hydrogen-bond donors (Lipinski definition) is 1. The lowest BCUT2D eigenvalue weighted by molar-refractivity contribution is -0.111. The SMILES string of the molecule is CCCCOc1ccc(-c2csc(NC(=O)C=Cc3ccc(C)cc3)n2)cc1. The molecule has 4 nitrogen and oxygen atoms in total. The largest absolute Gasteiger partial charge is 0.494 e. The second kappa shape index (κ2) is 9.85. The fourth-order valence-electron chi connectivity index (χ4n) is 2.52. The Labute approximate surface area is 169 Å². The van der Waals surface area contributed by atoms with Gasteiger partial charge >= 0.3 is 0 Å². The first-order valence-electron chi connectivity index (χ1n) is 9.38. The van der Waals surface area contributed by atoms with Crippen molar-refractivity contribution in [1.29, 1.82) is 0 Å². The van der Waals surface area contributed by atoms with Crippen LogP contribution < -0.4 is 10.1 Å². The molecule has 1 N–H and O–H groups in total. The number of carbonyl (C=O) groups is 1. The number of thiazole rings is 1. The van der Waals surface area contributed by atoms with Gasteiger partial charge in [0.05, 0.1) is 12.3 Å². The zero-order valence-electron chi connectivity index (χ0n) is 16.1. The molecule has 3 aromatic rings. The summed E-state index contributed by atoms with van der Waals surface area (Å²) < 4.78 is 5.68. The van der Waals surface area contributed by atoms with Gasteiger partial charge in [0, 0.05) is 17.0 Å². The van der Waals surface area contributed by atoms with Gasteiger partial charge in [-0.2, -0.15) is 0 Å². The Kier molecular flexibility index (Phi) is 6.98. The summed E-state index contributed by atoms with van der Waals surface area (Å²) in [7, 11) is 0. The maximum Gasteiger partial charge on any atom is 0.250 e. The molecule has 1 heterocycles. The van der Waals surface area contributed by atoms with Crippen LogP contribution in [0, 0.1) is 6.92 Å². The van der Waals surface area contributed by atoms with Crippen molar-refractivity contribution in [1.82, 2.24) is 4.98 Å². The molecule has 0 radical (unpaired) electrons. The molecule has 0 bridgehead atoms. The van der Waals surface area contributed by atoms with Crippen molar-refractivity contribution in [3.63, 3.8) is 0 Å². The van der Waals surface area contributed by atoms with Gasteiger partial charge in [-0.15, -0.1) is 11.3 Å². The number of benzene rings is 2. The molecule has 0 fully saturated rings. The predicted octanol–water partition coefficient (Wildman–Crippen LogP) is 5.95. The molecule has 28 heavy (non-hydrogen) atoms. The highest BCUT2D eigenvalue weighted by molar-refractivity contribution is 7.14. The standard InChI is InChI=1S/C23H24N2O2S/c1-3-4-15-27-20-12-10-19(11-13-20)21-16-28-23(24-21)25-22(26)14-9-18-7-5-17(2)6-8-18/h5-14,16H,3-4,15H2,1-2H3,(H,24,25,26). The molecule has 1 amide bonds. The minimum absolute atomic E-state index is 0.193. The molecule has 144 valence electrons. The quantitative estimate of drug-likeness (QED) is 0.381. The molecule has 0 saturated carbocycles. The number of hydrogen-bond acceptors (Lipinski definition) is 4. The molecule has 0 atom stereocenters. The van der Waals surface area contributed by atoms with E-state index in [4.69, 9.17) is 4.74 Å². The van der Waals surface area contributed by atoms with Crippen LogP contribution in [0.2, 0.25) is 0 Å². The Hall–Kier alpha value is -2.92. The lowest BCUT2D eigenvalue weighted by Crippen LogP contribution is -2.07. The average Bonchev–Trinajstić information content (AvgIpc) is 3.17. The second-order valence-corrected chi connectivity index (χ2v) is 7.36. The summed E-state index contributed by atoms with van der Waals surface area (Å²) in [4.78, 5) is 16.6. The molecular weight excluding hydrogens is 368 g/mol. The van der Waals surface area contributed by atoms with Crippen molar-refractivity contribution < 1.29 is 9.53 Å². The van der Waals surface area contributed by atoms with Gasteiger partial charge in [0.2, 0.25) is 5.91 Å². The van der Waals surface area contributed by atoms with Gasteiger partial charge < -0.3 is 4.74 Å². The zero-order valence-corrected chi connectivity index (χ0v) is 17.0. The van der Waals surface area contributed by atoms with Gasteiger partial charge in [-0.1, -0.05) is 43.2 Å². The highest BCUT2D eigenvalue weighted by Crippen LogP contribution is 2.26. The monoisotopic (exact) mass is 392 g/mol. The van der Waals surface area contributed by atoms with Crippen LogP contribution in [0.3, 0.4) is 0 Å². The molecule has 5 heteroatoms. The van der Waals surface area contributed by atoms with Gasteiger partial charge in [-0.3, -0.25) is 10.1 Å². The third kappa shape index (κ3) is 5.79. The molecule has 0 spiro atoms. The van der Waals surface area contributed by atoms with E-state index in [0.29, 0.717) is 5.13 Å². The number of amides is 1. The highest BCUT2D eigenvalue weighted by atomic mass is 32.1. The first-order chi connectivity index (χ1) is 13.6. The average molecular weight is 393 g/mol. The second-order valence-electron chi connectivity index (χ2n) is 6.50. The van der Waals surface area contributed by atoms with E-state index in [1.165, 1.54) is 23.0 Å². The first kappa shape index (κ1) is 19.8. The van der Waals surface area contributed by atoms with E-state index in [2.05, 4.69) is 17.2 Å². The normalized spacial score (nSPS) is 10.9. The summed E-state index contributed by atoms with van der Waals surface area (Å²) in [6, 6.07) is 15.9. The maximum absolute atomic E-state index is 12.1. The highest BCUT2D eigenvalue weighted by Gasteiger charge is 2.07. The van der Waals surface area contributed by atoms with Crippen LogP contribution >= 0.6 is 11.3 Å². The van der Waals surface area contributed by atoms with Gasteiger partial charge in [-0.05, 0) is 49.2 Å². The van der Waals surface area contributed by atoms with E-state index in [-0.39, 0.29) is 5.91 Å². The Balaban J connectivity index is 1.57. The maximum atomic E-state index is 12.1. The summed E-state index contributed by atoms with van der Waals surface area (Å²) >= 11 is 1.41. The van der Waals surface area contributed by atoms with Crippen LogP contribution in [0.5, 0.6) is 5.75 Å². The number of anilines is 1. The van der Waals surface area contributed by atoms with Crippen LogP contribution in [0.4, 0.5) is 5.13 Å². The molecule has 0 aliphatic rings. The van der Waals surface area contributed by atoms with Crippen molar-refractivity contribution >= 4 is 28.5 Å². The van der Waals surface area contributed by atoms with Crippen molar-refractivity contribution in [3.8, 4) is 17.0 Å². The number of nitrogens with one attached hydrogen (secondary N) is 1. The van der Waals surface area contributed by atoms with Crippen molar-refractivity contribution in [2.45, 2.75) is 26.7 Å². The van der Waals surface area contributed by atoms with Crippen LogP contribution in [0.25, 0.3) is 17.3 Å². The van der Waals surface area contributed by atoms with E-state index in [9.17, 15) is 4.79 Å². The summed E-state index contributed by atoms with van der Waals surface area (Å²) in [5.41, 5.74) is 4.01. The third-order valence-corrected chi connectivity index (χ3v) is 4.91. The fraction of sp³-hybridized carbons (Fsp3) is 0.217. The van der Waals surface area contributed by atoms with Crippen LogP contribution in [0.1, 0.15) is 30.9 Å². The molecular formula is C23H24N2O2S. The fourth-order valence-corrected chi connectivity index (χ4v) is 3.24. The first-order valence-corrected chi connectivity index (χ1v) is 10.3. The summed E-state index contributed by atoms with van der Waals surface area (Å²) in [6.07, 6.45) is 5.48. The zero-order chi connectivity index (χ0) is 19.8. The molecule has 0 aliphatic heterocycles. The van der Waals surface area contributed by atoms with Gasteiger partial charge in [0.15, 0.2) is 5.13 Å². The van der Waals surface area contributed by atoms with Gasteiger partial charge in [-0.25, -0.2) is 4.98 Å². The number of nitrogens with zero attached hydrogens (tertiary/aromatic N) is 1. The summed E-state index contributed by atoms with van der Waals surface area (Å²) in [5, 5.41) is 5.33. The minimum Gasteiger partial charge on any atom is -0.494 e. The third-order valence-electron chi connectivity index (χ3n) is 4.16. The number of rotatable bonds is 8. The molecule has 0 unspecified atom stereocenters. The predicted molar refractivity (Wildman–Crippen MR) is 117 cm³/mol. The molecule has 0 aliphatic carbocycles. The van der Waals surface area contributed by atoms with Crippen LogP contribution in [-0.2, 0) is 4.79 Å². The number of carbonyl (C=O) groups excluding carboxylic acids is 1. The molecule has 0 saturated heterocycles. The topological polar surface area (TPSA) is 51.2 Å². The summed E-state index contributed by atoms with van der Waals surface area (Å²) in [5.74, 6) is 0.670. The van der Waals surface area contributed by atoms with E-state index in [1.54, 1.807) is 6.08 Å². The Morgan fingerprint density at radius 1 is 1.14 bits per heavy atom. The molecule has 3 rings (SSSR count). The smallest absolute Gasteiger partial charge is 0.250 e. The number of aryl methyl sites for hydroxylation is 1. The molecule has 1 aromatic heterocycles. The van der Waals surface area contributed by atoms with Crippen molar-refractivity contribution in [3.05, 3.63) is 71.1 Å². The van der Waals surface area contributed by atoms with Crippen LogP contribution in [-0.4, -0.2) is 17.5 Å². The summed E-state index contributed by atoms with van der Waals surface area (Å²) in [6.45, 7) is 4.91. The van der Waals surface area contributed by atoms with Gasteiger partial charge in [0.1, 0.15) is 5.75 Å². The van der Waals surface area contributed by atoms with Gasteiger partial charge in [0.25, 0.3) is 0 Å². The van der Waals surface area contributed by atoms with Crippen molar-refractivity contribution in [2.75, 3.05) is 11.9 Å². The number of aromatic nitrogens is 1. The van der Waals surface area contributed by atoms with E-state index < -0.39 is 0 Å². The Bertz CT molecular complexity index is 928.